The summed E-state index contributed by atoms with van der Waals surface area (Å²) in [4.78, 5) is 4.51. The minimum Gasteiger partial charge on any atom is -0.331 e. The van der Waals surface area contributed by atoms with Gasteiger partial charge >= 0.3 is 0 Å². The standard InChI is InChI=1S/C13H8BrClN2S/c14-9-6-5-8(7-10(9)15)16-13-17-11-3-1-2-4-12(11)18-13/h1-7H,(H,16,17). The van der Waals surface area contributed by atoms with Crippen molar-refractivity contribution in [2.75, 3.05) is 5.32 Å². The molecular weight excluding hydrogens is 332 g/mol. The van der Waals surface area contributed by atoms with E-state index in [1.165, 1.54) is 4.70 Å². The van der Waals surface area contributed by atoms with E-state index in [0.29, 0.717) is 5.02 Å². The number of fused-ring (bicyclic) bond motifs is 1. The normalized spacial score (nSPS) is 10.8. The molecule has 3 rings (SSSR count). The molecule has 0 unspecified atom stereocenters. The monoisotopic (exact) mass is 338 g/mol. The Labute approximate surface area is 122 Å². The van der Waals surface area contributed by atoms with Gasteiger partial charge in [-0.05, 0) is 46.3 Å². The lowest BCUT2D eigenvalue weighted by atomic mass is 10.3. The predicted molar refractivity (Wildman–Crippen MR) is 82.1 cm³/mol. The van der Waals surface area contributed by atoms with Gasteiger partial charge in [0.2, 0.25) is 0 Å². The highest BCUT2D eigenvalue weighted by Crippen LogP contribution is 2.30. The van der Waals surface area contributed by atoms with Crippen LogP contribution < -0.4 is 5.32 Å². The van der Waals surface area contributed by atoms with Crippen molar-refractivity contribution in [3.05, 3.63) is 52.0 Å². The largest absolute Gasteiger partial charge is 0.331 e. The maximum absolute atomic E-state index is 6.05. The fourth-order valence-corrected chi connectivity index (χ4v) is 2.94. The molecule has 0 amide bonds. The van der Waals surface area contributed by atoms with Crippen molar-refractivity contribution in [1.29, 1.82) is 0 Å². The van der Waals surface area contributed by atoms with Gasteiger partial charge in [-0.15, -0.1) is 0 Å². The van der Waals surface area contributed by atoms with Crippen LogP contribution in [0.5, 0.6) is 0 Å². The number of rotatable bonds is 2. The van der Waals surface area contributed by atoms with Crippen LogP contribution in [0.15, 0.2) is 46.9 Å². The number of nitrogens with one attached hydrogen (secondary N) is 1. The van der Waals surface area contributed by atoms with Crippen molar-refractivity contribution in [2.24, 2.45) is 0 Å². The van der Waals surface area contributed by atoms with Crippen LogP contribution in [0.2, 0.25) is 5.02 Å². The highest BCUT2D eigenvalue weighted by Gasteiger charge is 2.04. The number of nitrogens with zero attached hydrogens (tertiary/aromatic N) is 1. The first-order valence-electron chi connectivity index (χ1n) is 5.30. The Kier molecular flexibility index (Phi) is 3.24. The lowest BCUT2D eigenvalue weighted by Crippen LogP contribution is -1.88. The van der Waals surface area contributed by atoms with Crippen LogP contribution in [0.25, 0.3) is 10.2 Å². The van der Waals surface area contributed by atoms with E-state index in [4.69, 9.17) is 11.6 Å². The van der Waals surface area contributed by atoms with Gasteiger partial charge < -0.3 is 5.32 Å². The Balaban J connectivity index is 1.93. The van der Waals surface area contributed by atoms with Crippen LogP contribution in [-0.2, 0) is 0 Å². The molecule has 0 spiro atoms. The summed E-state index contributed by atoms with van der Waals surface area (Å²) >= 11 is 11.1. The first-order chi connectivity index (χ1) is 8.72. The molecular formula is C13H8BrClN2S. The minimum atomic E-state index is 0.682. The highest BCUT2D eigenvalue weighted by molar-refractivity contribution is 9.10. The Morgan fingerprint density at radius 1 is 1.17 bits per heavy atom. The van der Waals surface area contributed by atoms with Crippen molar-refractivity contribution in [2.45, 2.75) is 0 Å². The molecule has 1 aromatic heterocycles. The molecule has 2 nitrogen and oxygen atoms in total. The van der Waals surface area contributed by atoms with Gasteiger partial charge in [0.25, 0.3) is 0 Å². The quantitative estimate of drug-likeness (QED) is 0.671. The number of hydrogen-bond donors (Lipinski definition) is 1. The van der Waals surface area contributed by atoms with Crippen LogP contribution in [0.3, 0.4) is 0 Å². The SMILES string of the molecule is Clc1cc(Nc2nc3ccccc3s2)ccc1Br. The van der Waals surface area contributed by atoms with Crippen LogP contribution in [0.1, 0.15) is 0 Å². The lowest BCUT2D eigenvalue weighted by Gasteiger charge is -2.03. The zero-order chi connectivity index (χ0) is 12.5. The fraction of sp³-hybridized carbons (Fsp3) is 0. The third-order valence-corrected chi connectivity index (χ3v) is 4.65. The van der Waals surface area contributed by atoms with Gasteiger partial charge in [-0.1, -0.05) is 35.1 Å². The number of aromatic nitrogens is 1. The number of anilines is 2. The van der Waals surface area contributed by atoms with Crippen molar-refractivity contribution < 1.29 is 0 Å². The second-order valence-electron chi connectivity index (χ2n) is 3.74. The average Bonchev–Trinajstić information content (AvgIpc) is 2.76. The highest BCUT2D eigenvalue weighted by atomic mass is 79.9. The van der Waals surface area contributed by atoms with Gasteiger partial charge in [0.1, 0.15) is 0 Å². The summed E-state index contributed by atoms with van der Waals surface area (Å²) in [6.07, 6.45) is 0. The lowest BCUT2D eigenvalue weighted by molar-refractivity contribution is 1.44. The Bertz CT molecular complexity index is 678. The minimum absolute atomic E-state index is 0.682. The summed E-state index contributed by atoms with van der Waals surface area (Å²) in [6.45, 7) is 0. The van der Waals surface area contributed by atoms with E-state index in [1.807, 2.05) is 36.4 Å². The Morgan fingerprint density at radius 2 is 2.00 bits per heavy atom. The van der Waals surface area contributed by atoms with E-state index in [1.54, 1.807) is 11.3 Å². The summed E-state index contributed by atoms with van der Waals surface area (Å²) in [5, 5.41) is 4.82. The summed E-state index contributed by atoms with van der Waals surface area (Å²) in [5.41, 5.74) is 1.94. The number of thiazole rings is 1. The van der Waals surface area contributed by atoms with Gasteiger partial charge in [0, 0.05) is 10.2 Å². The van der Waals surface area contributed by atoms with E-state index < -0.39 is 0 Å². The third kappa shape index (κ3) is 2.36. The average molecular weight is 340 g/mol. The smallest absolute Gasteiger partial charge is 0.188 e. The molecule has 1 heterocycles. The molecule has 3 aromatic rings. The Morgan fingerprint density at radius 3 is 2.78 bits per heavy atom. The first kappa shape index (κ1) is 12.0. The van der Waals surface area contributed by atoms with Gasteiger partial charge in [-0.2, -0.15) is 0 Å². The second kappa shape index (κ2) is 4.88. The van der Waals surface area contributed by atoms with Crippen LogP contribution in [0.4, 0.5) is 10.8 Å². The topological polar surface area (TPSA) is 24.9 Å². The van der Waals surface area contributed by atoms with Crippen molar-refractivity contribution >= 4 is 59.9 Å². The van der Waals surface area contributed by atoms with Crippen molar-refractivity contribution in [1.82, 2.24) is 4.98 Å². The molecule has 2 aromatic carbocycles. The number of benzene rings is 2. The van der Waals surface area contributed by atoms with E-state index in [-0.39, 0.29) is 0 Å². The second-order valence-corrected chi connectivity index (χ2v) is 6.03. The van der Waals surface area contributed by atoms with Gasteiger partial charge in [0.15, 0.2) is 5.13 Å². The predicted octanol–water partition coefficient (Wildman–Crippen LogP) is 5.46. The molecule has 0 aliphatic heterocycles. The zero-order valence-corrected chi connectivity index (χ0v) is 12.3. The maximum atomic E-state index is 6.05. The molecule has 90 valence electrons. The zero-order valence-electron chi connectivity index (χ0n) is 9.15. The van der Waals surface area contributed by atoms with Gasteiger partial charge in [-0.25, -0.2) is 4.98 Å². The van der Waals surface area contributed by atoms with Crippen LogP contribution >= 0.6 is 38.9 Å². The molecule has 0 saturated heterocycles. The molecule has 5 heteroatoms. The Hall–Kier alpha value is -1.10. The molecule has 18 heavy (non-hydrogen) atoms. The molecule has 0 bridgehead atoms. The molecule has 0 radical (unpaired) electrons. The number of hydrogen-bond acceptors (Lipinski definition) is 3. The molecule has 0 saturated carbocycles. The van der Waals surface area contributed by atoms with Crippen molar-refractivity contribution in [3.8, 4) is 0 Å². The number of halogens is 2. The summed E-state index contributed by atoms with van der Waals surface area (Å²) in [7, 11) is 0. The molecule has 0 fully saturated rings. The molecule has 0 aliphatic rings. The van der Waals surface area contributed by atoms with E-state index >= 15 is 0 Å². The van der Waals surface area contributed by atoms with E-state index in [0.717, 1.165) is 20.8 Å². The van der Waals surface area contributed by atoms with E-state index in [9.17, 15) is 0 Å². The molecule has 1 N–H and O–H groups in total. The first-order valence-corrected chi connectivity index (χ1v) is 7.29. The van der Waals surface area contributed by atoms with Crippen LogP contribution in [-0.4, -0.2) is 4.98 Å². The van der Waals surface area contributed by atoms with Gasteiger partial charge in [0.05, 0.1) is 15.2 Å². The third-order valence-electron chi connectivity index (χ3n) is 2.46. The van der Waals surface area contributed by atoms with Crippen LogP contribution in [0, 0.1) is 0 Å². The van der Waals surface area contributed by atoms with Crippen molar-refractivity contribution in [3.63, 3.8) is 0 Å². The summed E-state index contributed by atoms with van der Waals surface area (Å²) < 4.78 is 2.06. The summed E-state index contributed by atoms with van der Waals surface area (Å²) in [6, 6.07) is 13.8. The molecule has 0 atom stereocenters. The molecule has 0 aliphatic carbocycles. The van der Waals surface area contributed by atoms with Gasteiger partial charge in [-0.3, -0.25) is 0 Å². The summed E-state index contributed by atoms with van der Waals surface area (Å²) in [5.74, 6) is 0. The fourth-order valence-electron chi connectivity index (χ4n) is 1.62. The van der Waals surface area contributed by atoms with E-state index in [2.05, 4.69) is 32.3 Å². The maximum Gasteiger partial charge on any atom is 0.188 e. The number of para-hydroxylation sites is 1.